The average molecular weight is 393 g/mol. The molecule has 0 saturated heterocycles. The molecule has 2 aromatic carbocycles. The lowest BCUT2D eigenvalue weighted by atomic mass is 10.1. The minimum Gasteiger partial charge on any atom is -0.478 e. The quantitative estimate of drug-likeness (QED) is 0.598. The van der Waals surface area contributed by atoms with Crippen LogP contribution in [-0.4, -0.2) is 33.1 Å². The number of nitrogens with one attached hydrogen (secondary N) is 2. The van der Waals surface area contributed by atoms with E-state index in [9.17, 15) is 14.4 Å². The van der Waals surface area contributed by atoms with Gasteiger partial charge in [0, 0.05) is 18.2 Å². The van der Waals surface area contributed by atoms with Crippen LogP contribution < -0.4 is 11.0 Å². The van der Waals surface area contributed by atoms with Gasteiger partial charge in [-0.25, -0.2) is 9.59 Å². The van der Waals surface area contributed by atoms with Crippen molar-refractivity contribution in [3.05, 3.63) is 69.6 Å². The Morgan fingerprint density at radius 2 is 1.76 bits per heavy atom. The molecule has 4 rings (SSSR count). The molecule has 0 atom stereocenters. The fourth-order valence-corrected chi connectivity index (χ4v) is 4.03. The number of amides is 1. The normalized spacial score (nSPS) is 14.3. The van der Waals surface area contributed by atoms with Crippen LogP contribution in [0.4, 0.5) is 0 Å². The Morgan fingerprint density at radius 1 is 1.07 bits per heavy atom. The van der Waals surface area contributed by atoms with Gasteiger partial charge in [-0.15, -0.1) is 0 Å². The van der Waals surface area contributed by atoms with Crippen LogP contribution in [0.3, 0.4) is 0 Å². The Morgan fingerprint density at radius 3 is 2.45 bits per heavy atom. The molecule has 29 heavy (non-hydrogen) atoms. The molecule has 1 fully saturated rings. The zero-order valence-electron chi connectivity index (χ0n) is 16.0. The number of hydrogen-bond acceptors (Lipinski definition) is 3. The van der Waals surface area contributed by atoms with E-state index < -0.39 is 5.97 Å². The van der Waals surface area contributed by atoms with E-state index in [-0.39, 0.29) is 23.2 Å². The number of carboxylic acids is 1. The standard InChI is InChI=1S/C22H23N3O4/c26-20(23-12-11-14-5-7-15(8-6-14)21(27)28)16-9-10-19-18(13-16)24-22(29)25(19)17-3-1-2-4-17/h5-10,13,17H,1-4,11-12H2,(H,23,26)(H,24,29)(H,27,28). The Labute approximate surface area is 167 Å². The zero-order chi connectivity index (χ0) is 20.4. The maximum Gasteiger partial charge on any atom is 0.335 e. The number of carboxylic acid groups (broad SMARTS) is 1. The smallest absolute Gasteiger partial charge is 0.335 e. The SMILES string of the molecule is O=C(O)c1ccc(CCNC(=O)c2ccc3c(c2)[nH]c(=O)n3C2CCCC2)cc1. The van der Waals surface area contributed by atoms with E-state index in [0.29, 0.717) is 24.0 Å². The van der Waals surface area contributed by atoms with E-state index in [1.165, 1.54) is 0 Å². The molecular formula is C22H23N3O4. The Bertz CT molecular complexity index is 1110. The monoisotopic (exact) mass is 393 g/mol. The molecule has 1 amide bonds. The number of aromatic nitrogens is 2. The molecule has 7 heteroatoms. The Balaban J connectivity index is 1.42. The summed E-state index contributed by atoms with van der Waals surface area (Å²) in [7, 11) is 0. The van der Waals surface area contributed by atoms with Crippen molar-refractivity contribution in [3.8, 4) is 0 Å². The van der Waals surface area contributed by atoms with E-state index >= 15 is 0 Å². The fraction of sp³-hybridized carbons (Fsp3) is 0.318. The minimum absolute atomic E-state index is 0.116. The second-order valence-electron chi connectivity index (χ2n) is 7.48. The molecule has 7 nitrogen and oxygen atoms in total. The first kappa shape index (κ1) is 19.0. The van der Waals surface area contributed by atoms with E-state index in [4.69, 9.17) is 5.11 Å². The summed E-state index contributed by atoms with van der Waals surface area (Å²) >= 11 is 0. The number of benzene rings is 2. The number of H-pyrrole nitrogens is 1. The largest absolute Gasteiger partial charge is 0.478 e. The fourth-order valence-electron chi connectivity index (χ4n) is 4.03. The lowest BCUT2D eigenvalue weighted by Crippen LogP contribution is -2.25. The van der Waals surface area contributed by atoms with Crippen molar-refractivity contribution in [1.82, 2.24) is 14.9 Å². The highest BCUT2D eigenvalue weighted by Gasteiger charge is 2.21. The van der Waals surface area contributed by atoms with Gasteiger partial charge in [0.1, 0.15) is 0 Å². The van der Waals surface area contributed by atoms with Crippen LogP contribution in [0.1, 0.15) is 58.0 Å². The van der Waals surface area contributed by atoms with Crippen LogP contribution in [0.15, 0.2) is 47.3 Å². The third kappa shape index (κ3) is 3.94. The molecule has 1 saturated carbocycles. The van der Waals surface area contributed by atoms with Gasteiger partial charge in [0.2, 0.25) is 0 Å². The van der Waals surface area contributed by atoms with E-state index in [2.05, 4.69) is 10.3 Å². The van der Waals surface area contributed by atoms with Crippen LogP contribution in [0.5, 0.6) is 0 Å². The molecule has 1 heterocycles. The number of fused-ring (bicyclic) bond motifs is 1. The van der Waals surface area contributed by atoms with Crippen molar-refractivity contribution in [2.24, 2.45) is 0 Å². The number of carbonyl (C=O) groups is 2. The minimum atomic E-state index is -0.958. The predicted octanol–water partition coefficient (Wildman–Crippen LogP) is 3.12. The first-order valence-electron chi connectivity index (χ1n) is 9.87. The van der Waals surface area contributed by atoms with Gasteiger partial charge in [-0.05, 0) is 55.2 Å². The highest BCUT2D eigenvalue weighted by molar-refractivity contribution is 5.97. The van der Waals surface area contributed by atoms with Crippen LogP contribution in [0.25, 0.3) is 11.0 Å². The number of carbonyl (C=O) groups excluding carboxylic acids is 1. The van der Waals surface area contributed by atoms with E-state index in [0.717, 1.165) is 36.8 Å². The number of aromatic carboxylic acids is 1. The summed E-state index contributed by atoms with van der Waals surface area (Å²) in [6.45, 7) is 0.433. The van der Waals surface area contributed by atoms with Gasteiger partial charge in [-0.3, -0.25) is 9.36 Å². The van der Waals surface area contributed by atoms with Crippen molar-refractivity contribution in [2.75, 3.05) is 6.54 Å². The van der Waals surface area contributed by atoms with Gasteiger partial charge in [0.05, 0.1) is 16.6 Å². The lowest BCUT2D eigenvalue weighted by molar-refractivity contribution is 0.0696. The van der Waals surface area contributed by atoms with Gasteiger partial charge in [0.15, 0.2) is 0 Å². The third-order valence-electron chi connectivity index (χ3n) is 5.57. The van der Waals surface area contributed by atoms with E-state index in [1.807, 2.05) is 10.6 Å². The molecule has 3 N–H and O–H groups in total. The molecule has 0 radical (unpaired) electrons. The Kier molecular flexibility index (Phi) is 5.20. The molecule has 0 spiro atoms. The van der Waals surface area contributed by atoms with Gasteiger partial charge in [-0.1, -0.05) is 25.0 Å². The number of rotatable bonds is 6. The van der Waals surface area contributed by atoms with Crippen molar-refractivity contribution in [1.29, 1.82) is 0 Å². The molecular weight excluding hydrogens is 370 g/mol. The maximum absolute atomic E-state index is 12.5. The summed E-state index contributed by atoms with van der Waals surface area (Å²) in [6.07, 6.45) is 4.92. The molecule has 1 aliphatic rings. The van der Waals surface area contributed by atoms with Crippen LogP contribution in [0.2, 0.25) is 0 Å². The highest BCUT2D eigenvalue weighted by Crippen LogP contribution is 2.30. The second-order valence-corrected chi connectivity index (χ2v) is 7.48. The first-order chi connectivity index (χ1) is 14.0. The topological polar surface area (TPSA) is 104 Å². The summed E-state index contributed by atoms with van der Waals surface area (Å²) in [5, 5.41) is 11.8. The number of hydrogen-bond donors (Lipinski definition) is 3. The summed E-state index contributed by atoms with van der Waals surface area (Å²) in [6, 6.07) is 12.2. The number of nitrogens with zero attached hydrogens (tertiary/aromatic N) is 1. The van der Waals surface area contributed by atoms with Gasteiger partial charge in [0.25, 0.3) is 5.91 Å². The summed E-state index contributed by atoms with van der Waals surface area (Å²) in [5.74, 6) is -1.16. The van der Waals surface area contributed by atoms with Gasteiger partial charge >= 0.3 is 11.7 Å². The average Bonchev–Trinajstić information content (AvgIpc) is 3.34. The zero-order valence-corrected chi connectivity index (χ0v) is 16.0. The maximum atomic E-state index is 12.5. The van der Waals surface area contributed by atoms with Crippen LogP contribution in [0, 0.1) is 0 Å². The first-order valence-corrected chi connectivity index (χ1v) is 9.87. The lowest BCUT2D eigenvalue weighted by Gasteiger charge is -2.11. The van der Waals surface area contributed by atoms with Crippen molar-refractivity contribution >= 4 is 22.9 Å². The summed E-state index contributed by atoms with van der Waals surface area (Å²) < 4.78 is 1.82. The molecule has 150 valence electrons. The third-order valence-corrected chi connectivity index (χ3v) is 5.57. The number of imidazole rings is 1. The molecule has 1 aromatic heterocycles. The summed E-state index contributed by atoms with van der Waals surface area (Å²) in [5.41, 5.74) is 3.09. The second kappa shape index (κ2) is 7.95. The van der Waals surface area contributed by atoms with Crippen LogP contribution in [-0.2, 0) is 6.42 Å². The number of aromatic amines is 1. The molecule has 3 aromatic rings. The van der Waals surface area contributed by atoms with Crippen LogP contribution >= 0.6 is 0 Å². The molecule has 0 bridgehead atoms. The van der Waals surface area contributed by atoms with Crippen molar-refractivity contribution in [3.63, 3.8) is 0 Å². The Hall–Kier alpha value is -3.35. The van der Waals surface area contributed by atoms with E-state index in [1.54, 1.807) is 36.4 Å². The van der Waals surface area contributed by atoms with Gasteiger partial charge in [-0.2, -0.15) is 0 Å². The van der Waals surface area contributed by atoms with Gasteiger partial charge < -0.3 is 15.4 Å². The van der Waals surface area contributed by atoms with Crippen molar-refractivity contribution < 1.29 is 14.7 Å². The molecule has 1 aliphatic carbocycles. The highest BCUT2D eigenvalue weighted by atomic mass is 16.4. The summed E-state index contributed by atoms with van der Waals surface area (Å²) in [4.78, 5) is 38.6. The predicted molar refractivity (Wildman–Crippen MR) is 110 cm³/mol. The molecule has 0 aliphatic heterocycles. The van der Waals surface area contributed by atoms with Crippen molar-refractivity contribution in [2.45, 2.75) is 38.1 Å². The molecule has 0 unspecified atom stereocenters.